The zero-order chi connectivity index (χ0) is 12.3. The number of nitrogens with one attached hydrogen (secondary N) is 1. The maximum absolute atomic E-state index is 5.60. The van der Waals surface area contributed by atoms with E-state index in [-0.39, 0.29) is 6.04 Å². The Morgan fingerprint density at radius 2 is 2.12 bits per heavy atom. The number of nitrogens with zero attached hydrogens (tertiary/aromatic N) is 2. The van der Waals surface area contributed by atoms with Crippen molar-refractivity contribution >= 4 is 27.5 Å². The Labute approximate surface area is 112 Å². The van der Waals surface area contributed by atoms with Gasteiger partial charge in [-0.15, -0.1) is 5.10 Å². The van der Waals surface area contributed by atoms with Crippen molar-refractivity contribution in [1.82, 2.24) is 15.0 Å². The van der Waals surface area contributed by atoms with E-state index in [1.54, 1.807) is 0 Å². The molecule has 2 aromatic rings. The Kier molecular flexibility index (Phi) is 4.22. The number of hydrogen-bond donors (Lipinski definition) is 2. The fourth-order valence-corrected chi connectivity index (χ4v) is 2.61. The third-order valence-corrected chi connectivity index (χ3v) is 4.03. The van der Waals surface area contributed by atoms with E-state index in [1.165, 1.54) is 17.1 Å². The van der Waals surface area contributed by atoms with Crippen molar-refractivity contribution < 1.29 is 0 Å². The SMILES string of the molecule is Cc1nnsc1C(Cc1ccc(Br)cc1)NN. The van der Waals surface area contributed by atoms with Gasteiger partial charge in [-0.2, -0.15) is 0 Å². The van der Waals surface area contributed by atoms with Crippen LogP contribution in [0.2, 0.25) is 0 Å². The molecular weight excluding hydrogens is 300 g/mol. The molecule has 0 saturated carbocycles. The smallest absolute Gasteiger partial charge is 0.0773 e. The molecule has 17 heavy (non-hydrogen) atoms. The first-order valence-corrected chi connectivity index (χ1v) is 6.76. The number of aryl methyl sites for hydroxylation is 1. The Morgan fingerprint density at radius 3 is 2.65 bits per heavy atom. The monoisotopic (exact) mass is 312 g/mol. The van der Waals surface area contributed by atoms with Crippen molar-refractivity contribution in [2.24, 2.45) is 5.84 Å². The molecule has 0 spiro atoms. The molecule has 0 amide bonds. The third kappa shape index (κ3) is 3.10. The molecule has 4 nitrogen and oxygen atoms in total. The lowest BCUT2D eigenvalue weighted by Crippen LogP contribution is -2.29. The first-order chi connectivity index (χ1) is 8.20. The van der Waals surface area contributed by atoms with Crippen LogP contribution < -0.4 is 11.3 Å². The normalized spacial score (nSPS) is 12.6. The molecule has 6 heteroatoms. The number of benzene rings is 1. The van der Waals surface area contributed by atoms with Crippen molar-refractivity contribution in [3.05, 3.63) is 44.9 Å². The van der Waals surface area contributed by atoms with Gasteiger partial charge in [-0.05, 0) is 42.6 Å². The molecule has 0 saturated heterocycles. The Balaban J connectivity index is 2.16. The number of halogens is 1. The highest BCUT2D eigenvalue weighted by molar-refractivity contribution is 9.10. The topological polar surface area (TPSA) is 63.8 Å². The van der Waals surface area contributed by atoms with Crippen molar-refractivity contribution in [2.45, 2.75) is 19.4 Å². The first-order valence-electron chi connectivity index (χ1n) is 5.20. The molecule has 0 aliphatic carbocycles. The summed E-state index contributed by atoms with van der Waals surface area (Å²) in [5.41, 5.74) is 4.99. The highest BCUT2D eigenvalue weighted by atomic mass is 79.9. The van der Waals surface area contributed by atoms with Gasteiger partial charge in [-0.3, -0.25) is 11.3 Å². The maximum atomic E-state index is 5.60. The molecule has 90 valence electrons. The molecule has 0 bridgehead atoms. The number of aromatic nitrogens is 2. The minimum atomic E-state index is 0.0659. The van der Waals surface area contributed by atoms with Crippen molar-refractivity contribution in [2.75, 3.05) is 0 Å². The molecule has 3 N–H and O–H groups in total. The zero-order valence-corrected chi connectivity index (χ0v) is 11.8. The van der Waals surface area contributed by atoms with Gasteiger partial charge >= 0.3 is 0 Å². The van der Waals surface area contributed by atoms with E-state index in [2.05, 4.69) is 43.1 Å². The van der Waals surface area contributed by atoms with Gasteiger partial charge in [0.15, 0.2) is 0 Å². The van der Waals surface area contributed by atoms with E-state index in [4.69, 9.17) is 5.84 Å². The molecule has 0 fully saturated rings. The van der Waals surface area contributed by atoms with Gasteiger partial charge < -0.3 is 0 Å². The molecule has 1 heterocycles. The summed E-state index contributed by atoms with van der Waals surface area (Å²) in [7, 11) is 0. The van der Waals surface area contributed by atoms with Crippen molar-refractivity contribution in [1.29, 1.82) is 0 Å². The molecular formula is C11H13BrN4S. The predicted molar refractivity (Wildman–Crippen MR) is 72.6 cm³/mol. The standard InChI is InChI=1S/C11H13BrN4S/c1-7-11(17-16-15-7)10(14-13)6-8-2-4-9(12)5-3-8/h2-5,10,14H,6,13H2,1H3. The van der Waals surface area contributed by atoms with E-state index in [9.17, 15) is 0 Å². The van der Waals surface area contributed by atoms with Gasteiger partial charge in [0.2, 0.25) is 0 Å². The number of hydrazine groups is 1. The van der Waals surface area contributed by atoms with Crippen LogP contribution in [-0.4, -0.2) is 9.59 Å². The van der Waals surface area contributed by atoms with E-state index in [1.807, 2.05) is 19.1 Å². The second kappa shape index (κ2) is 5.68. The molecule has 1 unspecified atom stereocenters. The predicted octanol–water partition coefficient (Wildman–Crippen LogP) is 2.36. The largest absolute Gasteiger partial charge is 0.271 e. The Bertz CT molecular complexity index is 482. The summed E-state index contributed by atoms with van der Waals surface area (Å²) in [6.07, 6.45) is 0.828. The second-order valence-electron chi connectivity index (χ2n) is 3.77. The summed E-state index contributed by atoms with van der Waals surface area (Å²) in [5, 5.41) is 4.01. The molecule has 0 aliphatic heterocycles. The highest BCUT2D eigenvalue weighted by Gasteiger charge is 2.16. The zero-order valence-electron chi connectivity index (χ0n) is 9.35. The van der Waals surface area contributed by atoms with Gasteiger partial charge in [-0.25, -0.2) is 0 Å². The van der Waals surface area contributed by atoms with E-state index in [0.29, 0.717) is 0 Å². The first kappa shape index (κ1) is 12.6. The maximum Gasteiger partial charge on any atom is 0.0773 e. The van der Waals surface area contributed by atoms with Crippen LogP contribution in [-0.2, 0) is 6.42 Å². The lowest BCUT2D eigenvalue weighted by atomic mass is 10.0. The van der Waals surface area contributed by atoms with Gasteiger partial charge in [0, 0.05) is 4.47 Å². The number of nitrogens with two attached hydrogens (primary N) is 1. The fourth-order valence-electron chi connectivity index (χ4n) is 1.64. The highest BCUT2D eigenvalue weighted by Crippen LogP contribution is 2.23. The summed E-state index contributed by atoms with van der Waals surface area (Å²) in [4.78, 5) is 1.09. The minimum Gasteiger partial charge on any atom is -0.271 e. The van der Waals surface area contributed by atoms with Crippen LogP contribution in [0.1, 0.15) is 22.2 Å². The van der Waals surface area contributed by atoms with Crippen LogP contribution >= 0.6 is 27.5 Å². The summed E-state index contributed by atoms with van der Waals surface area (Å²) < 4.78 is 5.01. The lowest BCUT2D eigenvalue weighted by Gasteiger charge is -2.14. The average Bonchev–Trinajstić information content (AvgIpc) is 2.75. The van der Waals surface area contributed by atoms with Crippen LogP contribution in [0.4, 0.5) is 0 Å². The number of hydrogen-bond acceptors (Lipinski definition) is 5. The van der Waals surface area contributed by atoms with E-state index < -0.39 is 0 Å². The van der Waals surface area contributed by atoms with Gasteiger partial charge in [0.05, 0.1) is 16.6 Å². The molecule has 1 aromatic heterocycles. The summed E-state index contributed by atoms with van der Waals surface area (Å²) >= 11 is 4.81. The quantitative estimate of drug-likeness (QED) is 0.672. The molecule has 0 radical (unpaired) electrons. The van der Waals surface area contributed by atoms with Gasteiger partial charge in [-0.1, -0.05) is 32.6 Å². The van der Waals surface area contributed by atoms with Crippen LogP contribution in [0.15, 0.2) is 28.7 Å². The van der Waals surface area contributed by atoms with E-state index >= 15 is 0 Å². The summed E-state index contributed by atoms with van der Waals surface area (Å²) in [6, 6.07) is 8.29. The molecule has 1 atom stereocenters. The number of rotatable bonds is 4. The Hall–Kier alpha value is -0.820. The Morgan fingerprint density at radius 1 is 1.41 bits per heavy atom. The summed E-state index contributed by atoms with van der Waals surface area (Å²) in [6.45, 7) is 1.95. The third-order valence-electron chi connectivity index (χ3n) is 2.56. The van der Waals surface area contributed by atoms with Crippen LogP contribution in [0.25, 0.3) is 0 Å². The molecule has 0 aliphatic rings. The van der Waals surface area contributed by atoms with Crippen LogP contribution in [0.5, 0.6) is 0 Å². The molecule has 1 aromatic carbocycles. The van der Waals surface area contributed by atoms with Gasteiger partial charge in [0.25, 0.3) is 0 Å². The fraction of sp³-hybridized carbons (Fsp3) is 0.273. The summed E-state index contributed by atoms with van der Waals surface area (Å²) in [5.74, 6) is 5.60. The molecule has 2 rings (SSSR count). The van der Waals surface area contributed by atoms with E-state index in [0.717, 1.165) is 21.5 Å². The van der Waals surface area contributed by atoms with Gasteiger partial charge in [0.1, 0.15) is 0 Å². The van der Waals surface area contributed by atoms with Crippen LogP contribution in [0, 0.1) is 6.92 Å². The lowest BCUT2D eigenvalue weighted by molar-refractivity contribution is 0.557. The average molecular weight is 313 g/mol. The van der Waals surface area contributed by atoms with Crippen molar-refractivity contribution in [3.8, 4) is 0 Å². The van der Waals surface area contributed by atoms with Crippen LogP contribution in [0.3, 0.4) is 0 Å². The van der Waals surface area contributed by atoms with Crippen molar-refractivity contribution in [3.63, 3.8) is 0 Å². The second-order valence-corrected chi connectivity index (χ2v) is 5.47. The minimum absolute atomic E-state index is 0.0659.